The molecule has 4 aromatic carbocycles. The van der Waals surface area contributed by atoms with Gasteiger partial charge < -0.3 is 4.74 Å². The van der Waals surface area contributed by atoms with Gasteiger partial charge in [0.1, 0.15) is 5.75 Å². The first-order valence-electron chi connectivity index (χ1n) is 11.5. The zero-order valence-electron chi connectivity index (χ0n) is 20.2. The Morgan fingerprint density at radius 3 is 1.97 bits per heavy atom. The van der Waals surface area contributed by atoms with Crippen molar-refractivity contribution < 1.29 is 17.9 Å². The first-order valence-corrected chi connectivity index (χ1v) is 13.0. The standard InChI is InChI=1S/C30H27NO4S/c1-23-13-19-29(20-14-23)36(33,34)31(22-26-9-5-3-6-10-26)30(27-11-7-4-8-12-27)21-25-15-17-28(18-16-25)35-24(2)32/h3-21H,22H2,1-2H3/b30-21+. The summed E-state index contributed by atoms with van der Waals surface area (Å²) in [6.45, 7) is 3.43. The third kappa shape index (κ3) is 6.09. The fraction of sp³-hybridized carbons (Fsp3) is 0.100. The largest absolute Gasteiger partial charge is 0.427 e. The molecule has 0 amide bonds. The lowest BCUT2D eigenvalue weighted by Crippen LogP contribution is -2.29. The van der Waals surface area contributed by atoms with E-state index in [1.165, 1.54) is 11.2 Å². The van der Waals surface area contributed by atoms with E-state index in [0.29, 0.717) is 11.4 Å². The summed E-state index contributed by atoms with van der Waals surface area (Å²) in [6.07, 6.45) is 1.83. The number of nitrogens with zero attached hydrogens (tertiary/aromatic N) is 1. The maximum Gasteiger partial charge on any atom is 0.308 e. The molecule has 0 saturated heterocycles. The number of sulfonamides is 1. The van der Waals surface area contributed by atoms with E-state index in [2.05, 4.69) is 0 Å². The molecule has 0 heterocycles. The van der Waals surface area contributed by atoms with Crippen LogP contribution in [-0.2, 0) is 21.4 Å². The quantitative estimate of drug-likeness (QED) is 0.163. The second-order valence-electron chi connectivity index (χ2n) is 8.37. The van der Waals surface area contributed by atoms with Gasteiger partial charge in [0.15, 0.2) is 0 Å². The van der Waals surface area contributed by atoms with E-state index in [1.54, 1.807) is 48.5 Å². The summed E-state index contributed by atoms with van der Waals surface area (Å²) in [5.41, 5.74) is 3.89. The van der Waals surface area contributed by atoms with Gasteiger partial charge in [-0.15, -0.1) is 0 Å². The number of carbonyl (C=O) groups is 1. The molecular weight excluding hydrogens is 470 g/mol. The van der Waals surface area contributed by atoms with E-state index in [1.807, 2.05) is 73.7 Å². The van der Waals surface area contributed by atoms with Gasteiger partial charge in [0.25, 0.3) is 10.0 Å². The Morgan fingerprint density at radius 1 is 0.806 bits per heavy atom. The Labute approximate surface area is 212 Å². The third-order valence-corrected chi connectivity index (χ3v) is 7.34. The molecule has 0 bridgehead atoms. The molecule has 0 radical (unpaired) electrons. The monoisotopic (exact) mass is 497 g/mol. The smallest absolute Gasteiger partial charge is 0.308 e. The predicted octanol–water partition coefficient (Wildman–Crippen LogP) is 6.31. The number of hydrogen-bond acceptors (Lipinski definition) is 4. The molecule has 5 nitrogen and oxygen atoms in total. The van der Waals surface area contributed by atoms with Crippen LogP contribution in [0.15, 0.2) is 114 Å². The average molecular weight is 498 g/mol. The van der Waals surface area contributed by atoms with E-state index in [9.17, 15) is 13.2 Å². The average Bonchev–Trinajstić information content (AvgIpc) is 2.88. The molecule has 4 aromatic rings. The lowest BCUT2D eigenvalue weighted by molar-refractivity contribution is -0.131. The Kier molecular flexibility index (Phi) is 7.66. The second-order valence-corrected chi connectivity index (χ2v) is 10.2. The van der Waals surface area contributed by atoms with Gasteiger partial charge in [0.05, 0.1) is 17.1 Å². The van der Waals surface area contributed by atoms with Crippen molar-refractivity contribution in [2.24, 2.45) is 0 Å². The molecule has 4 rings (SSSR count). The Morgan fingerprint density at radius 2 is 1.39 bits per heavy atom. The molecule has 0 saturated carbocycles. The highest BCUT2D eigenvalue weighted by Crippen LogP contribution is 2.31. The van der Waals surface area contributed by atoms with Crippen LogP contribution in [0.2, 0.25) is 0 Å². The highest BCUT2D eigenvalue weighted by molar-refractivity contribution is 7.89. The number of benzene rings is 4. The third-order valence-electron chi connectivity index (χ3n) is 5.56. The van der Waals surface area contributed by atoms with Crippen LogP contribution in [0, 0.1) is 6.92 Å². The zero-order chi connectivity index (χ0) is 25.5. The van der Waals surface area contributed by atoms with Crippen molar-refractivity contribution in [2.45, 2.75) is 25.3 Å². The molecule has 0 aliphatic rings. The van der Waals surface area contributed by atoms with Crippen LogP contribution in [0.5, 0.6) is 5.75 Å². The van der Waals surface area contributed by atoms with Crippen LogP contribution in [-0.4, -0.2) is 18.7 Å². The van der Waals surface area contributed by atoms with Crippen molar-refractivity contribution in [1.82, 2.24) is 4.31 Å². The van der Waals surface area contributed by atoms with Crippen molar-refractivity contribution in [3.63, 3.8) is 0 Å². The van der Waals surface area contributed by atoms with Crippen molar-refractivity contribution in [1.29, 1.82) is 0 Å². The first kappa shape index (κ1) is 24.9. The Bertz CT molecular complexity index is 1450. The lowest BCUT2D eigenvalue weighted by Gasteiger charge is -2.28. The maximum atomic E-state index is 14.1. The van der Waals surface area contributed by atoms with E-state index >= 15 is 0 Å². The number of ether oxygens (including phenoxy) is 1. The highest BCUT2D eigenvalue weighted by Gasteiger charge is 2.28. The second kappa shape index (κ2) is 11.1. The molecule has 0 atom stereocenters. The maximum absolute atomic E-state index is 14.1. The zero-order valence-corrected chi connectivity index (χ0v) is 21.0. The molecule has 0 aliphatic carbocycles. The van der Waals surface area contributed by atoms with Crippen LogP contribution < -0.4 is 4.74 Å². The van der Waals surface area contributed by atoms with E-state index in [0.717, 1.165) is 22.3 Å². The number of carbonyl (C=O) groups excluding carboxylic acids is 1. The lowest BCUT2D eigenvalue weighted by atomic mass is 10.1. The van der Waals surface area contributed by atoms with Crippen LogP contribution in [0.4, 0.5) is 0 Å². The van der Waals surface area contributed by atoms with E-state index in [-0.39, 0.29) is 11.4 Å². The summed E-state index contributed by atoms with van der Waals surface area (Å²) in [5, 5.41) is 0. The van der Waals surface area contributed by atoms with E-state index in [4.69, 9.17) is 4.74 Å². The molecule has 0 N–H and O–H groups in total. The van der Waals surface area contributed by atoms with Crippen LogP contribution in [0.25, 0.3) is 11.8 Å². The van der Waals surface area contributed by atoms with Gasteiger partial charge in [0, 0.05) is 6.92 Å². The Hall–Kier alpha value is -4.16. The molecule has 0 fully saturated rings. The fourth-order valence-electron chi connectivity index (χ4n) is 3.75. The number of rotatable bonds is 8. The summed E-state index contributed by atoms with van der Waals surface area (Å²) in [6, 6.07) is 32.8. The van der Waals surface area contributed by atoms with Crippen molar-refractivity contribution in [2.75, 3.05) is 0 Å². The van der Waals surface area contributed by atoms with Crippen LogP contribution in [0.3, 0.4) is 0 Å². The minimum atomic E-state index is -3.91. The summed E-state index contributed by atoms with van der Waals surface area (Å²) >= 11 is 0. The molecule has 0 aromatic heterocycles. The fourth-order valence-corrected chi connectivity index (χ4v) is 5.22. The van der Waals surface area contributed by atoms with Gasteiger partial charge in [-0.25, -0.2) is 8.42 Å². The van der Waals surface area contributed by atoms with Crippen LogP contribution >= 0.6 is 0 Å². The van der Waals surface area contributed by atoms with Crippen molar-refractivity contribution in [3.8, 4) is 5.75 Å². The Balaban J connectivity index is 1.87. The van der Waals surface area contributed by atoms with Crippen molar-refractivity contribution in [3.05, 3.63) is 131 Å². The SMILES string of the molecule is CC(=O)Oc1ccc(/C=C(\c2ccccc2)N(Cc2ccccc2)S(=O)(=O)c2ccc(C)cc2)cc1. The van der Waals surface area contributed by atoms with Gasteiger partial charge in [-0.3, -0.25) is 9.10 Å². The molecule has 36 heavy (non-hydrogen) atoms. The summed E-state index contributed by atoms with van der Waals surface area (Å²) in [5.74, 6) is 0.0239. The minimum Gasteiger partial charge on any atom is -0.427 e. The normalized spacial score (nSPS) is 11.7. The molecular formula is C30H27NO4S. The predicted molar refractivity (Wildman–Crippen MR) is 142 cm³/mol. The number of hydrogen-bond donors (Lipinski definition) is 0. The number of esters is 1. The van der Waals surface area contributed by atoms with Crippen LogP contribution in [0.1, 0.15) is 29.2 Å². The first-order chi connectivity index (χ1) is 17.3. The van der Waals surface area contributed by atoms with Gasteiger partial charge in [0.2, 0.25) is 0 Å². The van der Waals surface area contributed by atoms with Crippen molar-refractivity contribution >= 4 is 27.8 Å². The molecule has 182 valence electrons. The molecule has 0 spiro atoms. The van der Waals surface area contributed by atoms with Gasteiger partial charge >= 0.3 is 5.97 Å². The van der Waals surface area contributed by atoms with Gasteiger partial charge in [-0.2, -0.15) is 0 Å². The molecule has 0 unspecified atom stereocenters. The van der Waals surface area contributed by atoms with Gasteiger partial charge in [-0.1, -0.05) is 90.5 Å². The highest BCUT2D eigenvalue weighted by atomic mass is 32.2. The summed E-state index contributed by atoms with van der Waals surface area (Å²) in [7, 11) is -3.91. The van der Waals surface area contributed by atoms with E-state index < -0.39 is 16.0 Å². The summed E-state index contributed by atoms with van der Waals surface area (Å²) in [4.78, 5) is 11.5. The topological polar surface area (TPSA) is 63.7 Å². The molecule has 6 heteroatoms. The summed E-state index contributed by atoms with van der Waals surface area (Å²) < 4.78 is 34.7. The number of aryl methyl sites for hydroxylation is 1. The molecule has 0 aliphatic heterocycles. The van der Waals surface area contributed by atoms with Gasteiger partial charge in [-0.05, 0) is 54.0 Å². The minimum absolute atomic E-state index is 0.156.